The molecule has 0 fully saturated rings. The Labute approximate surface area is 407 Å². The minimum Gasteiger partial charge on any atom is -0.0776 e. The predicted molar refractivity (Wildman–Crippen MR) is 370 cm³/mol. The summed E-state index contributed by atoms with van der Waals surface area (Å²) in [4.78, 5) is 0. The third kappa shape index (κ3) is 0. The first-order chi connectivity index (χ1) is 0. The summed E-state index contributed by atoms with van der Waals surface area (Å²) in [5, 5.41) is 0. The molecule has 0 aliphatic rings. The van der Waals surface area contributed by atoms with E-state index in [4.69, 9.17) is 0 Å². The van der Waals surface area contributed by atoms with E-state index in [9.17, 15) is 0 Å². The Morgan fingerprint density at radius 1 is 0.0182 bits per heavy atom. The summed E-state index contributed by atoms with van der Waals surface area (Å²) in [6.07, 6.45) is 0. The molecule has 0 heteroatoms. The van der Waals surface area contributed by atoms with Crippen LogP contribution in [0.5, 0.6) is 0 Å². The minimum absolute atomic E-state index is 0. The van der Waals surface area contributed by atoms with Crippen LogP contribution in [0, 0.1) is 0 Å². The van der Waals surface area contributed by atoms with Gasteiger partial charge in [-0.2, -0.15) is 0 Å². The van der Waals surface area contributed by atoms with Gasteiger partial charge in [0.1, 0.15) is 0 Å². The molecular formula is C55H220. The van der Waals surface area contributed by atoms with Crippen LogP contribution in [0.2, 0.25) is 0 Å². The summed E-state index contributed by atoms with van der Waals surface area (Å²) in [5.41, 5.74) is 0. The van der Waals surface area contributed by atoms with E-state index in [1.807, 2.05) is 0 Å². The minimum atomic E-state index is 0. The van der Waals surface area contributed by atoms with Gasteiger partial charge in [0, 0.05) is 0 Å². The van der Waals surface area contributed by atoms with Gasteiger partial charge < -0.3 is 0 Å². The summed E-state index contributed by atoms with van der Waals surface area (Å²) in [5.74, 6) is 0. The molecule has 0 aromatic heterocycles. The monoisotopic (exact) mass is 882 g/mol. The molecule has 0 saturated carbocycles. The maximum Gasteiger partial charge on any atom is -0.0776 e. The normalized spacial score (nSPS) is 0. The zero-order chi connectivity index (χ0) is 0. The van der Waals surface area contributed by atoms with E-state index in [0.717, 1.165) is 0 Å². The zero-order valence-corrected chi connectivity index (χ0v) is 0. The number of hydrogen-bond acceptors (Lipinski definition) is 0. The summed E-state index contributed by atoms with van der Waals surface area (Å²) in [6.45, 7) is 0. The van der Waals surface area contributed by atoms with Gasteiger partial charge in [-0.05, 0) is 0 Å². The number of rotatable bonds is 0. The third-order valence-electron chi connectivity index (χ3n) is 0. The lowest BCUT2D eigenvalue weighted by molar-refractivity contribution is 2.50. The average molecular weight is 882 g/mol. The molecule has 0 N–H and O–H groups in total. The fourth-order valence-corrected chi connectivity index (χ4v) is 0. The van der Waals surface area contributed by atoms with Crippen molar-refractivity contribution in [2.75, 3.05) is 0 Å². The zero-order valence-electron chi connectivity index (χ0n) is 0. The Kier molecular flexibility index (Phi) is 0. The van der Waals surface area contributed by atoms with E-state index in [1.54, 1.807) is 0 Å². The Morgan fingerprint density at radius 3 is 0.0182 bits per heavy atom. The largest absolute Gasteiger partial charge is 0.0776 e. The second-order valence-corrected chi connectivity index (χ2v) is 0. The average Bonchev–Trinajstić information content (AvgIpc) is 0. The van der Waals surface area contributed by atoms with Gasteiger partial charge in [-0.1, -0.05) is 408 Å². The molecule has 0 unspecified atom stereocenters. The second-order valence-electron chi connectivity index (χ2n) is 0. The van der Waals surface area contributed by atoms with E-state index < -0.39 is 0 Å². The van der Waals surface area contributed by atoms with Crippen molar-refractivity contribution in [2.24, 2.45) is 0 Å². The van der Waals surface area contributed by atoms with Crippen LogP contribution >= 0.6 is 0 Å². The van der Waals surface area contributed by atoms with Crippen molar-refractivity contribution in [2.45, 2.75) is 408 Å². The van der Waals surface area contributed by atoms with Gasteiger partial charge >= 0.3 is 0 Å². The molecule has 440 valence electrons. The molecule has 0 atom stereocenters. The van der Waals surface area contributed by atoms with Crippen molar-refractivity contribution in [3.63, 3.8) is 0 Å². The summed E-state index contributed by atoms with van der Waals surface area (Å²) in [6, 6.07) is 0. The van der Waals surface area contributed by atoms with Crippen molar-refractivity contribution in [3.8, 4) is 0 Å². The fraction of sp³-hybridized carbons (Fsp3) is 1.00. The lowest BCUT2D eigenvalue weighted by atomic mass is 12.0. The standard InChI is InChI=1S/55CH4/h55*1H4. The first-order valence-electron chi connectivity index (χ1n) is 0. The van der Waals surface area contributed by atoms with Gasteiger partial charge in [-0.25, -0.2) is 0 Å². The topological polar surface area (TPSA) is 0 Å². The summed E-state index contributed by atoms with van der Waals surface area (Å²) >= 11 is 0. The smallest absolute Gasteiger partial charge is 0.0776 e. The van der Waals surface area contributed by atoms with Gasteiger partial charge in [-0.15, -0.1) is 0 Å². The van der Waals surface area contributed by atoms with E-state index in [1.165, 1.54) is 0 Å². The van der Waals surface area contributed by atoms with Crippen molar-refractivity contribution < 1.29 is 0 Å². The SMILES string of the molecule is C.C.C.C.C.C.C.C.C.C.C.C.C.C.C.C.C.C.C.C.C.C.C.C.C.C.C.C.C.C.C.C.C.C.C.C.C.C.C.C.C.C.C.C.C.C.C.C.C.C.C.C.C.C.C. The Morgan fingerprint density at radius 2 is 0.0182 bits per heavy atom. The molecule has 0 saturated heterocycles. The molecule has 0 rings (SSSR count). The molecule has 0 spiro atoms. The lowest BCUT2D eigenvalue weighted by Gasteiger charge is -0.0786. The molecule has 0 amide bonds. The van der Waals surface area contributed by atoms with Crippen LogP contribution in [0.15, 0.2) is 0 Å². The van der Waals surface area contributed by atoms with Crippen LogP contribution in [0.1, 0.15) is 408 Å². The van der Waals surface area contributed by atoms with Crippen molar-refractivity contribution in [1.82, 2.24) is 0 Å². The van der Waals surface area contributed by atoms with Gasteiger partial charge in [0.05, 0.1) is 0 Å². The molecule has 0 bridgehead atoms. The first kappa shape index (κ1) is 0. The Hall–Kier alpha value is 0. The van der Waals surface area contributed by atoms with Crippen LogP contribution in [-0.4, -0.2) is 0 Å². The van der Waals surface area contributed by atoms with Gasteiger partial charge in [0.2, 0.25) is 0 Å². The van der Waals surface area contributed by atoms with Crippen LogP contribution in [0.25, 0.3) is 0 Å². The van der Waals surface area contributed by atoms with Crippen molar-refractivity contribution in [1.29, 1.82) is 0 Å². The van der Waals surface area contributed by atoms with Crippen LogP contribution in [0.4, 0.5) is 0 Å². The first-order valence-corrected chi connectivity index (χ1v) is 0. The molecule has 0 aromatic rings. The van der Waals surface area contributed by atoms with Crippen LogP contribution < -0.4 is 0 Å². The molecule has 0 aromatic carbocycles. The van der Waals surface area contributed by atoms with E-state index in [-0.39, 0.29) is 408 Å². The fourth-order valence-electron chi connectivity index (χ4n) is 0. The highest BCUT2D eigenvalue weighted by atomic mass is 12.1. The molecular weight excluding hydrogens is 661 g/mol. The molecule has 0 aliphatic carbocycles. The molecule has 55 heavy (non-hydrogen) atoms. The maximum atomic E-state index is 0. The van der Waals surface area contributed by atoms with Gasteiger partial charge in [-0.3, -0.25) is 0 Å². The molecule has 0 nitrogen and oxygen atoms in total. The second kappa shape index (κ2) is 0. The Balaban J connectivity index is 0. The third-order valence-corrected chi connectivity index (χ3v) is 0. The van der Waals surface area contributed by atoms with Crippen LogP contribution in [0.3, 0.4) is 0 Å². The van der Waals surface area contributed by atoms with E-state index >= 15 is 0 Å². The quantitative estimate of drug-likeness (QED) is 0.227. The molecule has 0 aliphatic heterocycles. The molecule has 0 radical (unpaired) electrons. The van der Waals surface area contributed by atoms with Gasteiger partial charge in [0.15, 0.2) is 0 Å². The number of hydrogen-bond donors (Lipinski definition) is 0. The van der Waals surface area contributed by atoms with E-state index in [2.05, 4.69) is 0 Å². The summed E-state index contributed by atoms with van der Waals surface area (Å²) < 4.78 is 0. The highest BCUT2D eigenvalue weighted by Gasteiger charge is -0.0236. The maximum absolute atomic E-state index is 0. The highest BCUT2D eigenvalue weighted by Crippen LogP contribution is 0.198. The van der Waals surface area contributed by atoms with E-state index in [0.29, 0.717) is 0 Å². The van der Waals surface area contributed by atoms with Crippen molar-refractivity contribution >= 4 is 0 Å². The predicted octanol–water partition coefficient (Wildman–Crippen LogP) is 35.0. The van der Waals surface area contributed by atoms with Gasteiger partial charge in [0.25, 0.3) is 0 Å². The van der Waals surface area contributed by atoms with Crippen LogP contribution in [-0.2, 0) is 0 Å². The lowest BCUT2D eigenvalue weighted by Crippen LogP contribution is 0.143. The Bertz CT molecular complexity index is 0. The highest BCUT2D eigenvalue weighted by molar-refractivity contribution is 2.56. The van der Waals surface area contributed by atoms with Crippen molar-refractivity contribution in [3.05, 3.63) is 0 Å². The molecule has 0 heterocycles. The summed E-state index contributed by atoms with van der Waals surface area (Å²) in [7, 11) is 0.